The number of anilines is 1. The van der Waals surface area contributed by atoms with Crippen LogP contribution in [0.4, 0.5) is 5.69 Å². The summed E-state index contributed by atoms with van der Waals surface area (Å²) < 4.78 is 11.9. The van der Waals surface area contributed by atoms with Crippen molar-refractivity contribution in [2.75, 3.05) is 17.2 Å². The van der Waals surface area contributed by atoms with Crippen molar-refractivity contribution >= 4 is 23.4 Å². The molecule has 0 radical (unpaired) electrons. The van der Waals surface area contributed by atoms with E-state index in [1.807, 2.05) is 54.3 Å². The molecule has 0 aromatic heterocycles. The number of fused-ring (bicyclic) bond motifs is 2. The molecule has 0 saturated carbocycles. The highest BCUT2D eigenvalue weighted by Gasteiger charge is 2.38. The first-order valence-corrected chi connectivity index (χ1v) is 9.18. The van der Waals surface area contributed by atoms with E-state index >= 15 is 0 Å². The van der Waals surface area contributed by atoms with Crippen LogP contribution in [0.5, 0.6) is 11.5 Å². The van der Waals surface area contributed by atoms with Gasteiger partial charge in [0.15, 0.2) is 11.5 Å². The zero-order valence-electron chi connectivity index (χ0n) is 13.5. The quantitative estimate of drug-likeness (QED) is 0.792. The minimum atomic E-state index is -0.629. The molecular weight excluding hydrogens is 322 g/mol. The number of nitrogens with zero attached hydrogens (tertiary/aromatic N) is 1. The minimum Gasteiger partial charge on any atom is -0.482 e. The van der Waals surface area contributed by atoms with Gasteiger partial charge in [-0.15, -0.1) is 11.8 Å². The zero-order valence-corrected chi connectivity index (χ0v) is 14.3. The standard InChI is InChI=1S/C19H19NO3S/c1-13-18(23-16-9-4-3-8-15(16)22-13)19(21)20-11-6-12-24-17-10-5-2-7-14(17)20/h2-5,7-10,13,18H,6,11-12H2,1H3. The Balaban J connectivity index is 1.64. The van der Waals surface area contributed by atoms with Crippen molar-refractivity contribution in [2.24, 2.45) is 0 Å². The van der Waals surface area contributed by atoms with Crippen LogP contribution < -0.4 is 14.4 Å². The molecular formula is C19H19NO3S. The fraction of sp³-hybridized carbons (Fsp3) is 0.316. The van der Waals surface area contributed by atoms with Gasteiger partial charge in [0.2, 0.25) is 6.10 Å². The lowest BCUT2D eigenvalue weighted by atomic mass is 10.1. The van der Waals surface area contributed by atoms with Gasteiger partial charge in [0.25, 0.3) is 5.91 Å². The van der Waals surface area contributed by atoms with Gasteiger partial charge >= 0.3 is 0 Å². The number of benzene rings is 2. The molecule has 2 atom stereocenters. The van der Waals surface area contributed by atoms with E-state index in [1.165, 1.54) is 0 Å². The Hall–Kier alpha value is -2.14. The van der Waals surface area contributed by atoms with Crippen LogP contribution in [0.2, 0.25) is 0 Å². The lowest BCUT2D eigenvalue weighted by Crippen LogP contribution is -2.51. The maximum atomic E-state index is 13.2. The van der Waals surface area contributed by atoms with Crippen molar-refractivity contribution in [1.29, 1.82) is 0 Å². The SMILES string of the molecule is CC1Oc2ccccc2OC1C(=O)N1CCCSc2ccccc21. The van der Waals surface area contributed by atoms with Crippen LogP contribution in [0.3, 0.4) is 0 Å². The van der Waals surface area contributed by atoms with Crippen molar-refractivity contribution < 1.29 is 14.3 Å². The third kappa shape index (κ3) is 2.73. The fourth-order valence-electron chi connectivity index (χ4n) is 3.10. The number of hydrogen-bond acceptors (Lipinski definition) is 4. The van der Waals surface area contributed by atoms with Gasteiger partial charge in [-0.25, -0.2) is 0 Å². The Morgan fingerprint density at radius 3 is 2.62 bits per heavy atom. The molecule has 2 heterocycles. The second-order valence-corrected chi connectivity index (χ2v) is 7.10. The number of hydrogen-bond donors (Lipinski definition) is 0. The highest BCUT2D eigenvalue weighted by atomic mass is 32.2. The van der Waals surface area contributed by atoms with Crippen LogP contribution in [0.1, 0.15) is 13.3 Å². The van der Waals surface area contributed by atoms with Crippen molar-refractivity contribution in [1.82, 2.24) is 0 Å². The van der Waals surface area contributed by atoms with Gasteiger partial charge < -0.3 is 14.4 Å². The van der Waals surface area contributed by atoms with Gasteiger partial charge in [0.05, 0.1) is 5.69 Å². The summed E-state index contributed by atoms with van der Waals surface area (Å²) in [5, 5.41) is 0. The molecule has 124 valence electrons. The Labute approximate surface area is 145 Å². The topological polar surface area (TPSA) is 38.8 Å². The molecule has 2 aliphatic rings. The summed E-state index contributed by atoms with van der Waals surface area (Å²) >= 11 is 1.80. The van der Waals surface area contributed by atoms with E-state index in [9.17, 15) is 4.79 Å². The van der Waals surface area contributed by atoms with Crippen molar-refractivity contribution in [3.05, 3.63) is 48.5 Å². The van der Waals surface area contributed by atoms with E-state index in [-0.39, 0.29) is 12.0 Å². The number of thioether (sulfide) groups is 1. The van der Waals surface area contributed by atoms with Gasteiger partial charge in [-0.3, -0.25) is 4.79 Å². The molecule has 2 aromatic carbocycles. The van der Waals surface area contributed by atoms with Gasteiger partial charge in [0, 0.05) is 11.4 Å². The Bertz CT molecular complexity index is 764. The predicted octanol–water partition coefficient (Wildman–Crippen LogP) is 3.74. The largest absolute Gasteiger partial charge is 0.482 e. The fourth-order valence-corrected chi connectivity index (χ4v) is 4.09. The minimum absolute atomic E-state index is 0.0352. The van der Waals surface area contributed by atoms with E-state index in [0.29, 0.717) is 18.0 Å². The summed E-state index contributed by atoms with van der Waals surface area (Å²) in [7, 11) is 0. The molecule has 0 aliphatic carbocycles. The van der Waals surface area contributed by atoms with Crippen LogP contribution in [0.25, 0.3) is 0 Å². The van der Waals surface area contributed by atoms with Gasteiger partial charge in [-0.1, -0.05) is 24.3 Å². The predicted molar refractivity (Wildman–Crippen MR) is 95.1 cm³/mol. The molecule has 24 heavy (non-hydrogen) atoms. The second-order valence-electron chi connectivity index (χ2n) is 5.97. The van der Waals surface area contributed by atoms with Gasteiger partial charge in [-0.2, -0.15) is 0 Å². The maximum Gasteiger partial charge on any atom is 0.272 e. The first-order valence-electron chi connectivity index (χ1n) is 8.19. The molecule has 2 aliphatic heterocycles. The third-order valence-electron chi connectivity index (χ3n) is 4.29. The highest BCUT2D eigenvalue weighted by molar-refractivity contribution is 7.99. The Morgan fingerprint density at radius 1 is 1.08 bits per heavy atom. The number of rotatable bonds is 1. The number of carbonyl (C=O) groups excluding carboxylic acids is 1. The number of carbonyl (C=O) groups is 1. The van der Waals surface area contributed by atoms with Gasteiger partial charge in [0.1, 0.15) is 6.10 Å². The van der Waals surface area contributed by atoms with Crippen LogP contribution in [-0.2, 0) is 4.79 Å². The molecule has 0 bridgehead atoms. The first-order chi connectivity index (χ1) is 11.7. The van der Waals surface area contributed by atoms with Crippen LogP contribution in [0, 0.1) is 0 Å². The first kappa shape index (κ1) is 15.4. The molecule has 0 spiro atoms. The molecule has 4 nitrogen and oxygen atoms in total. The molecule has 0 fully saturated rings. The summed E-state index contributed by atoms with van der Waals surface area (Å²) in [6, 6.07) is 15.6. The lowest BCUT2D eigenvalue weighted by molar-refractivity contribution is -0.130. The molecule has 0 saturated heterocycles. The lowest BCUT2D eigenvalue weighted by Gasteiger charge is -2.34. The Kier molecular flexibility index (Phi) is 4.10. The maximum absolute atomic E-state index is 13.2. The highest BCUT2D eigenvalue weighted by Crippen LogP contribution is 2.37. The summed E-state index contributed by atoms with van der Waals surface area (Å²) in [6.07, 6.45) is 0.00964. The van der Waals surface area contributed by atoms with Crippen molar-refractivity contribution in [3.63, 3.8) is 0 Å². The molecule has 4 rings (SSSR count). The smallest absolute Gasteiger partial charge is 0.272 e. The summed E-state index contributed by atoms with van der Waals surface area (Å²) in [5.41, 5.74) is 0.972. The van der Waals surface area contributed by atoms with Crippen molar-refractivity contribution in [2.45, 2.75) is 30.4 Å². The Morgan fingerprint density at radius 2 is 1.79 bits per heavy atom. The molecule has 2 unspecified atom stereocenters. The van der Waals surface area contributed by atoms with Gasteiger partial charge in [-0.05, 0) is 43.4 Å². The normalized spacial score (nSPS) is 22.5. The van der Waals surface area contributed by atoms with E-state index in [1.54, 1.807) is 11.8 Å². The van der Waals surface area contributed by atoms with Crippen LogP contribution >= 0.6 is 11.8 Å². The average Bonchev–Trinajstić information content (AvgIpc) is 2.83. The molecule has 1 amide bonds. The van der Waals surface area contributed by atoms with E-state index in [4.69, 9.17) is 9.47 Å². The summed E-state index contributed by atoms with van der Waals surface area (Å²) in [6.45, 7) is 2.59. The molecule has 2 aromatic rings. The number of ether oxygens (including phenoxy) is 2. The number of amides is 1. The third-order valence-corrected chi connectivity index (χ3v) is 5.44. The average molecular weight is 341 g/mol. The molecule has 0 N–H and O–H groups in total. The zero-order chi connectivity index (χ0) is 16.5. The summed E-state index contributed by atoms with van der Waals surface area (Å²) in [5.74, 6) is 2.31. The number of para-hydroxylation sites is 3. The second kappa shape index (κ2) is 6.40. The van der Waals surface area contributed by atoms with E-state index in [2.05, 4.69) is 6.07 Å². The van der Waals surface area contributed by atoms with Crippen LogP contribution in [0.15, 0.2) is 53.4 Å². The van der Waals surface area contributed by atoms with Crippen LogP contribution in [-0.4, -0.2) is 30.4 Å². The van der Waals surface area contributed by atoms with Crippen molar-refractivity contribution in [3.8, 4) is 11.5 Å². The van der Waals surface area contributed by atoms with E-state index < -0.39 is 6.10 Å². The van der Waals surface area contributed by atoms with E-state index in [0.717, 1.165) is 22.8 Å². The molecule has 5 heteroatoms. The summed E-state index contributed by atoms with van der Waals surface area (Å²) in [4.78, 5) is 16.2. The monoisotopic (exact) mass is 341 g/mol.